The summed E-state index contributed by atoms with van der Waals surface area (Å²) in [4.78, 5) is 33.0. The fourth-order valence-electron chi connectivity index (χ4n) is 2.47. The molecule has 0 fully saturated rings. The summed E-state index contributed by atoms with van der Waals surface area (Å²) in [5, 5.41) is 14.4. The number of methoxy groups -OCH3 is 2. The number of carbonyl (C=O) groups excluding carboxylic acids is 2. The van der Waals surface area contributed by atoms with E-state index in [-0.39, 0.29) is 18.8 Å². The second-order valence-electron chi connectivity index (χ2n) is 5.98. The number of nitro benzene ring substituents is 1. The molecule has 10 heteroatoms. The highest BCUT2D eigenvalue weighted by Crippen LogP contribution is 2.30. The molecule has 10 nitrogen and oxygen atoms in total. The fraction of sp³-hybridized carbons (Fsp3) is 0.200. The molecule has 2 rings (SSSR count). The van der Waals surface area contributed by atoms with Gasteiger partial charge in [0.15, 0.2) is 18.1 Å². The van der Waals surface area contributed by atoms with Crippen molar-refractivity contribution < 1.29 is 28.7 Å². The molecule has 2 aromatic rings. The lowest BCUT2D eigenvalue weighted by Gasteiger charge is -2.12. The molecule has 2 aromatic carbocycles. The number of hydrogen-bond acceptors (Lipinski definition) is 8. The van der Waals surface area contributed by atoms with Crippen LogP contribution in [-0.4, -0.2) is 37.6 Å². The average molecular weight is 415 g/mol. The first-order chi connectivity index (χ1) is 14.3. The van der Waals surface area contributed by atoms with Crippen molar-refractivity contribution in [3.8, 4) is 11.5 Å². The number of anilines is 1. The Hall–Kier alpha value is -4.08. The van der Waals surface area contributed by atoms with Gasteiger partial charge >= 0.3 is 5.97 Å². The minimum atomic E-state index is -0.611. The zero-order valence-electron chi connectivity index (χ0n) is 16.4. The number of nitrogens with one attached hydrogen (secondary N) is 1. The van der Waals surface area contributed by atoms with Crippen LogP contribution in [0.25, 0.3) is 6.08 Å². The van der Waals surface area contributed by atoms with Crippen LogP contribution in [0.15, 0.2) is 42.5 Å². The number of amides is 1. The van der Waals surface area contributed by atoms with Crippen molar-refractivity contribution in [3.63, 3.8) is 0 Å². The summed E-state index contributed by atoms with van der Waals surface area (Å²) < 4.78 is 15.0. The largest absolute Gasteiger partial charge is 0.493 e. The molecule has 0 heterocycles. The number of nitro groups is 1. The lowest BCUT2D eigenvalue weighted by molar-refractivity contribution is -0.384. The minimum absolute atomic E-state index is 0.143. The summed E-state index contributed by atoms with van der Waals surface area (Å²) in [7, 11) is 2.70. The van der Waals surface area contributed by atoms with E-state index in [1.165, 1.54) is 32.4 Å². The van der Waals surface area contributed by atoms with Crippen LogP contribution in [0.5, 0.6) is 11.5 Å². The number of ether oxygens (including phenoxy) is 3. The number of primary amides is 1. The maximum atomic E-state index is 11.4. The zero-order chi connectivity index (χ0) is 22.1. The summed E-state index contributed by atoms with van der Waals surface area (Å²) in [6.45, 7) is -0.0123. The average Bonchev–Trinajstić information content (AvgIpc) is 2.74. The topological polar surface area (TPSA) is 143 Å². The van der Waals surface area contributed by atoms with Crippen molar-refractivity contribution in [2.45, 2.75) is 6.54 Å². The zero-order valence-corrected chi connectivity index (χ0v) is 16.4. The maximum absolute atomic E-state index is 11.4. The Morgan fingerprint density at radius 3 is 2.57 bits per heavy atom. The highest BCUT2D eigenvalue weighted by atomic mass is 16.6. The number of hydrogen-bond donors (Lipinski definition) is 2. The van der Waals surface area contributed by atoms with E-state index in [1.807, 2.05) is 0 Å². The molecule has 0 aliphatic carbocycles. The normalized spacial score (nSPS) is 10.5. The lowest BCUT2D eigenvalue weighted by atomic mass is 10.1. The molecule has 0 saturated carbocycles. The van der Waals surface area contributed by atoms with Gasteiger partial charge in [-0.3, -0.25) is 14.9 Å². The van der Waals surface area contributed by atoms with E-state index >= 15 is 0 Å². The van der Waals surface area contributed by atoms with Crippen LogP contribution < -0.4 is 20.5 Å². The predicted molar refractivity (Wildman–Crippen MR) is 109 cm³/mol. The summed E-state index contributed by atoms with van der Waals surface area (Å²) in [5.74, 6) is -0.418. The molecular formula is C20H21N3O7. The summed E-state index contributed by atoms with van der Waals surface area (Å²) >= 11 is 0. The van der Waals surface area contributed by atoms with E-state index in [4.69, 9.17) is 15.2 Å². The Kier molecular flexibility index (Phi) is 7.74. The number of carbonyl (C=O) groups is 2. The molecule has 30 heavy (non-hydrogen) atoms. The molecule has 0 aliphatic rings. The Balaban J connectivity index is 2.16. The smallest absolute Gasteiger partial charge is 0.330 e. The SMILES string of the molecule is COC(=O)/C=C/c1ccc(NCc2ccc(OCC(N)=O)c(OC)c2)c([N+](=O)[O-])c1. The van der Waals surface area contributed by atoms with Gasteiger partial charge in [0.05, 0.1) is 19.1 Å². The first kappa shape index (κ1) is 22.2. The van der Waals surface area contributed by atoms with Gasteiger partial charge in [-0.1, -0.05) is 12.1 Å². The molecular weight excluding hydrogens is 394 g/mol. The molecule has 0 aliphatic heterocycles. The minimum Gasteiger partial charge on any atom is -0.493 e. The van der Waals surface area contributed by atoms with Crippen molar-refractivity contribution in [2.24, 2.45) is 5.73 Å². The second-order valence-corrected chi connectivity index (χ2v) is 5.98. The van der Waals surface area contributed by atoms with Gasteiger partial charge in [-0.05, 0) is 35.4 Å². The number of benzene rings is 2. The van der Waals surface area contributed by atoms with Crippen molar-refractivity contribution in [3.05, 3.63) is 63.7 Å². The Bertz CT molecular complexity index is 973. The molecule has 0 atom stereocenters. The third kappa shape index (κ3) is 6.23. The van der Waals surface area contributed by atoms with E-state index in [2.05, 4.69) is 10.1 Å². The predicted octanol–water partition coefficient (Wildman–Crippen LogP) is 2.27. The van der Waals surface area contributed by atoms with Gasteiger partial charge in [-0.2, -0.15) is 0 Å². The highest BCUT2D eigenvalue weighted by molar-refractivity contribution is 5.87. The lowest BCUT2D eigenvalue weighted by Crippen LogP contribution is -2.20. The van der Waals surface area contributed by atoms with E-state index in [0.717, 1.165) is 5.56 Å². The summed E-state index contributed by atoms with van der Waals surface area (Å²) in [6.07, 6.45) is 2.61. The van der Waals surface area contributed by atoms with Crippen LogP contribution in [0.2, 0.25) is 0 Å². The van der Waals surface area contributed by atoms with Crippen molar-refractivity contribution in [1.82, 2.24) is 0 Å². The molecule has 3 N–H and O–H groups in total. The molecule has 0 saturated heterocycles. The van der Waals surface area contributed by atoms with E-state index in [0.29, 0.717) is 22.7 Å². The van der Waals surface area contributed by atoms with Gasteiger partial charge in [0.1, 0.15) is 5.69 Å². The fourth-order valence-corrected chi connectivity index (χ4v) is 2.47. The number of rotatable bonds is 10. The van der Waals surface area contributed by atoms with Gasteiger partial charge in [-0.15, -0.1) is 0 Å². The highest BCUT2D eigenvalue weighted by Gasteiger charge is 2.15. The van der Waals surface area contributed by atoms with Crippen LogP contribution in [0.3, 0.4) is 0 Å². The van der Waals surface area contributed by atoms with Gasteiger partial charge < -0.3 is 25.3 Å². The van der Waals surface area contributed by atoms with Crippen molar-refractivity contribution >= 4 is 29.3 Å². The van der Waals surface area contributed by atoms with Crippen LogP contribution in [0.1, 0.15) is 11.1 Å². The molecule has 0 bridgehead atoms. The third-order valence-corrected chi connectivity index (χ3v) is 3.91. The van der Waals surface area contributed by atoms with Gasteiger partial charge in [-0.25, -0.2) is 4.79 Å². The summed E-state index contributed by atoms with van der Waals surface area (Å²) in [5.41, 5.74) is 6.48. The first-order valence-electron chi connectivity index (χ1n) is 8.70. The van der Waals surface area contributed by atoms with Crippen molar-refractivity contribution in [2.75, 3.05) is 26.1 Å². The Morgan fingerprint density at radius 2 is 1.93 bits per heavy atom. The van der Waals surface area contributed by atoms with Crippen LogP contribution in [-0.2, 0) is 20.9 Å². The van der Waals surface area contributed by atoms with Crippen LogP contribution in [0, 0.1) is 10.1 Å². The standard InChI is InChI=1S/C20H21N3O7/c1-28-18-10-14(4-7-17(18)30-12-19(21)24)11-22-15-6-3-13(5-8-20(25)29-2)9-16(15)23(26)27/h3-10,22H,11-12H2,1-2H3,(H2,21,24)/b8-5+. The maximum Gasteiger partial charge on any atom is 0.330 e. The van der Waals surface area contributed by atoms with Gasteiger partial charge in [0.2, 0.25) is 0 Å². The van der Waals surface area contributed by atoms with E-state index < -0.39 is 16.8 Å². The van der Waals surface area contributed by atoms with Crippen molar-refractivity contribution in [1.29, 1.82) is 0 Å². The number of nitrogens with zero attached hydrogens (tertiary/aromatic N) is 1. The quantitative estimate of drug-likeness (QED) is 0.260. The van der Waals surface area contributed by atoms with Gasteiger partial charge in [0.25, 0.3) is 11.6 Å². The van der Waals surface area contributed by atoms with E-state index in [1.54, 1.807) is 30.3 Å². The van der Waals surface area contributed by atoms with Gasteiger partial charge in [0, 0.05) is 18.7 Å². The molecule has 1 amide bonds. The number of nitrogens with two attached hydrogens (primary N) is 1. The molecule has 158 valence electrons. The Morgan fingerprint density at radius 1 is 1.17 bits per heavy atom. The third-order valence-electron chi connectivity index (χ3n) is 3.91. The molecule has 0 radical (unpaired) electrons. The van der Waals surface area contributed by atoms with Crippen LogP contribution >= 0.6 is 0 Å². The Labute approximate surface area is 172 Å². The van der Waals surface area contributed by atoms with E-state index in [9.17, 15) is 19.7 Å². The monoisotopic (exact) mass is 415 g/mol. The molecule has 0 aromatic heterocycles. The van der Waals surface area contributed by atoms with Crippen LogP contribution in [0.4, 0.5) is 11.4 Å². The summed E-state index contributed by atoms with van der Waals surface area (Å²) in [6, 6.07) is 9.57. The number of esters is 1. The molecule has 0 spiro atoms. The first-order valence-corrected chi connectivity index (χ1v) is 8.70. The second kappa shape index (κ2) is 10.5. The molecule has 0 unspecified atom stereocenters.